The summed E-state index contributed by atoms with van der Waals surface area (Å²) in [5.74, 6) is 0.645. The van der Waals surface area contributed by atoms with Gasteiger partial charge in [0.2, 0.25) is 0 Å². The van der Waals surface area contributed by atoms with E-state index in [0.717, 1.165) is 44.3 Å². The molecule has 3 fully saturated rings. The molecule has 10 nitrogen and oxygen atoms in total. The van der Waals surface area contributed by atoms with Crippen LogP contribution in [-0.4, -0.2) is 60.9 Å². The van der Waals surface area contributed by atoms with E-state index in [4.69, 9.17) is 10.7 Å². The highest BCUT2D eigenvalue weighted by Crippen LogP contribution is 2.49. The topological polar surface area (TPSA) is 125 Å². The lowest BCUT2D eigenvalue weighted by atomic mass is 9.68. The summed E-state index contributed by atoms with van der Waals surface area (Å²) in [5, 5.41) is 21.9. The predicted octanol–water partition coefficient (Wildman–Crippen LogP) is 6.01. The standard InChI is InChI=1S/C36H39F3N8O2/c1-45-21-41-44-32(45)25-5-4-24(40)16-26(25)23-14-30(43-35(20-48)8-3-9-35)42-31(15-23)47-18-28-27(33(47)49)12-22(13-29(28)36(37,38)39)17-46-11-10-34(19-46)6-2-7-34/h4-5,12-16,21,48H,2-3,6-11,17-20,40H2,1H3,(H,42,43). The molecule has 0 unspecified atom stereocenters. The second kappa shape index (κ2) is 11.5. The van der Waals surface area contributed by atoms with E-state index >= 15 is 0 Å². The summed E-state index contributed by atoms with van der Waals surface area (Å²) in [6.07, 6.45) is 3.98. The molecular weight excluding hydrogens is 633 g/mol. The summed E-state index contributed by atoms with van der Waals surface area (Å²) in [7, 11) is 1.82. The molecule has 1 spiro atoms. The molecule has 2 saturated carbocycles. The predicted molar refractivity (Wildman–Crippen MR) is 180 cm³/mol. The van der Waals surface area contributed by atoms with E-state index in [1.807, 2.05) is 19.2 Å². The number of aromatic nitrogens is 4. The maximum atomic E-state index is 14.6. The van der Waals surface area contributed by atoms with Gasteiger partial charge >= 0.3 is 6.18 Å². The van der Waals surface area contributed by atoms with Gasteiger partial charge in [0.25, 0.3) is 5.91 Å². The average molecular weight is 673 g/mol. The molecule has 4 heterocycles. The van der Waals surface area contributed by atoms with Gasteiger partial charge in [0.1, 0.15) is 18.0 Å². The van der Waals surface area contributed by atoms with Gasteiger partial charge < -0.3 is 20.7 Å². The molecule has 0 radical (unpaired) electrons. The van der Waals surface area contributed by atoms with Crippen LogP contribution in [0.15, 0.2) is 48.8 Å². The molecule has 4 N–H and O–H groups in total. The number of carbonyl (C=O) groups is 1. The summed E-state index contributed by atoms with van der Waals surface area (Å²) in [4.78, 5) is 22.5. The Morgan fingerprint density at radius 2 is 1.80 bits per heavy atom. The quantitative estimate of drug-likeness (QED) is 0.195. The molecule has 8 rings (SSSR count). The fraction of sp³-hybridized carbons (Fsp3) is 0.444. The van der Waals surface area contributed by atoms with Gasteiger partial charge in [0.15, 0.2) is 5.82 Å². The molecular formula is C36H39F3N8O2. The van der Waals surface area contributed by atoms with Gasteiger partial charge in [-0.25, -0.2) is 4.98 Å². The lowest BCUT2D eigenvalue weighted by Crippen LogP contribution is -2.48. The fourth-order valence-corrected chi connectivity index (χ4v) is 8.10. The van der Waals surface area contributed by atoms with Crippen LogP contribution in [0, 0.1) is 5.41 Å². The number of nitrogens with one attached hydrogen (secondary N) is 1. The number of aliphatic hydroxyl groups excluding tert-OH is 1. The molecule has 4 aromatic rings. The first kappa shape index (κ1) is 31.8. The van der Waals surface area contributed by atoms with Crippen molar-refractivity contribution in [2.75, 3.05) is 35.6 Å². The van der Waals surface area contributed by atoms with Crippen molar-refractivity contribution >= 4 is 23.2 Å². The van der Waals surface area contributed by atoms with Gasteiger partial charge in [0.05, 0.1) is 24.3 Å². The number of alkyl halides is 3. The van der Waals surface area contributed by atoms with Gasteiger partial charge in [-0.15, -0.1) is 10.2 Å². The van der Waals surface area contributed by atoms with Crippen molar-refractivity contribution in [3.05, 3.63) is 71.0 Å². The van der Waals surface area contributed by atoms with Crippen LogP contribution in [0.5, 0.6) is 0 Å². The second-order valence-electron chi connectivity index (χ2n) is 14.5. The third kappa shape index (κ3) is 5.62. The highest BCUT2D eigenvalue weighted by atomic mass is 19.4. The minimum Gasteiger partial charge on any atom is -0.399 e. The zero-order chi connectivity index (χ0) is 34.1. The third-order valence-corrected chi connectivity index (χ3v) is 11.1. The lowest BCUT2D eigenvalue weighted by molar-refractivity contribution is -0.138. The number of hydrogen-bond acceptors (Lipinski definition) is 8. The fourth-order valence-electron chi connectivity index (χ4n) is 8.10. The van der Waals surface area contributed by atoms with E-state index in [1.54, 1.807) is 35.2 Å². The van der Waals surface area contributed by atoms with Gasteiger partial charge in [-0.3, -0.25) is 14.6 Å². The number of hydrogen-bond donors (Lipinski definition) is 3. The highest BCUT2D eigenvalue weighted by molar-refractivity contribution is 6.10. The maximum Gasteiger partial charge on any atom is 0.416 e. The third-order valence-electron chi connectivity index (χ3n) is 11.1. The molecule has 13 heteroatoms. The first-order valence-electron chi connectivity index (χ1n) is 16.9. The number of anilines is 3. The number of rotatable bonds is 8. The number of aryl methyl sites for hydroxylation is 1. The summed E-state index contributed by atoms with van der Waals surface area (Å²) in [5.41, 5.74) is 8.25. The Morgan fingerprint density at radius 1 is 1.00 bits per heavy atom. The number of nitrogens with two attached hydrogens (primary N) is 1. The number of carbonyl (C=O) groups excluding carboxylic acids is 1. The Bertz CT molecular complexity index is 1940. The molecule has 49 heavy (non-hydrogen) atoms. The molecule has 4 aliphatic rings. The Hall–Kier alpha value is -4.49. The van der Waals surface area contributed by atoms with E-state index in [2.05, 4.69) is 20.4 Å². The minimum atomic E-state index is -4.64. The van der Waals surface area contributed by atoms with Crippen LogP contribution in [0.2, 0.25) is 0 Å². The van der Waals surface area contributed by atoms with Crippen molar-refractivity contribution in [1.29, 1.82) is 0 Å². The van der Waals surface area contributed by atoms with E-state index in [-0.39, 0.29) is 30.1 Å². The number of halogens is 3. The van der Waals surface area contributed by atoms with E-state index in [1.165, 1.54) is 30.2 Å². The van der Waals surface area contributed by atoms with Gasteiger partial charge in [-0.1, -0.05) is 6.42 Å². The van der Waals surface area contributed by atoms with Gasteiger partial charge in [-0.05, 0) is 115 Å². The molecule has 2 aromatic heterocycles. The summed E-state index contributed by atoms with van der Waals surface area (Å²) < 4.78 is 45.7. The minimum absolute atomic E-state index is 0.0469. The zero-order valence-electron chi connectivity index (χ0n) is 27.4. The number of nitrogen functional groups attached to an aromatic ring is 1. The smallest absolute Gasteiger partial charge is 0.399 e. The van der Waals surface area contributed by atoms with Crippen LogP contribution in [-0.2, 0) is 26.3 Å². The van der Waals surface area contributed by atoms with Gasteiger partial charge in [-0.2, -0.15) is 13.2 Å². The van der Waals surface area contributed by atoms with Crippen LogP contribution in [0.25, 0.3) is 22.5 Å². The number of pyridine rings is 1. The van der Waals surface area contributed by atoms with E-state index in [9.17, 15) is 23.1 Å². The first-order chi connectivity index (χ1) is 23.4. The van der Waals surface area contributed by atoms with Gasteiger partial charge in [0, 0.05) is 37.0 Å². The summed E-state index contributed by atoms with van der Waals surface area (Å²) in [6.45, 7) is 1.72. The van der Waals surface area contributed by atoms with Crippen molar-refractivity contribution in [3.8, 4) is 22.5 Å². The Labute approximate surface area is 282 Å². The van der Waals surface area contributed by atoms with E-state index in [0.29, 0.717) is 46.0 Å². The molecule has 0 atom stereocenters. The lowest BCUT2D eigenvalue weighted by Gasteiger charge is -2.41. The monoisotopic (exact) mass is 672 g/mol. The van der Waals surface area contributed by atoms with Crippen molar-refractivity contribution in [2.45, 2.75) is 69.8 Å². The summed E-state index contributed by atoms with van der Waals surface area (Å²) >= 11 is 0. The van der Waals surface area contributed by atoms with Crippen molar-refractivity contribution < 1.29 is 23.1 Å². The number of likely N-dealkylation sites (tertiary alicyclic amines) is 1. The molecule has 1 saturated heterocycles. The molecule has 1 amide bonds. The van der Waals surface area contributed by atoms with Crippen molar-refractivity contribution in [3.63, 3.8) is 0 Å². The van der Waals surface area contributed by atoms with Crippen molar-refractivity contribution in [1.82, 2.24) is 24.6 Å². The highest BCUT2D eigenvalue weighted by Gasteiger charge is 2.44. The molecule has 256 valence electrons. The van der Waals surface area contributed by atoms with Crippen LogP contribution < -0.4 is 16.0 Å². The average Bonchev–Trinajstić information content (AvgIpc) is 3.75. The maximum absolute atomic E-state index is 14.6. The first-order valence-corrected chi connectivity index (χ1v) is 16.9. The molecule has 0 bridgehead atoms. The number of amides is 1. The number of fused-ring (bicyclic) bond motifs is 1. The van der Waals surface area contributed by atoms with Crippen LogP contribution in [0.1, 0.15) is 72.0 Å². The SMILES string of the molecule is Cn1cnnc1-c1ccc(N)cc1-c1cc(NC2(CO)CCC2)nc(N2Cc3c(cc(CN4CCC5(CCC5)C4)cc3C(F)(F)F)C2=O)c1. The Balaban J connectivity index is 1.20. The number of nitrogens with zero attached hydrogens (tertiary/aromatic N) is 6. The normalized spacial score (nSPS) is 19.6. The van der Waals surface area contributed by atoms with Crippen LogP contribution in [0.4, 0.5) is 30.5 Å². The number of benzene rings is 2. The van der Waals surface area contributed by atoms with Crippen molar-refractivity contribution in [2.24, 2.45) is 12.5 Å². The van der Waals surface area contributed by atoms with Crippen LogP contribution >= 0.6 is 0 Å². The summed E-state index contributed by atoms with van der Waals surface area (Å²) in [6, 6.07) is 11.8. The van der Waals surface area contributed by atoms with Crippen LogP contribution in [0.3, 0.4) is 0 Å². The Kier molecular flexibility index (Phi) is 7.49. The second-order valence-corrected chi connectivity index (χ2v) is 14.5. The zero-order valence-corrected chi connectivity index (χ0v) is 27.4. The molecule has 2 aliphatic heterocycles. The molecule has 2 aromatic carbocycles. The van der Waals surface area contributed by atoms with E-state index < -0.39 is 23.2 Å². The largest absolute Gasteiger partial charge is 0.416 e. The molecule has 2 aliphatic carbocycles. The Morgan fingerprint density at radius 3 is 2.43 bits per heavy atom. The number of aliphatic hydroxyl groups is 1.